The van der Waals surface area contributed by atoms with E-state index in [1.807, 2.05) is 0 Å². The molecule has 1 aliphatic rings. The Morgan fingerprint density at radius 3 is 2.60 bits per heavy atom. The highest BCUT2D eigenvalue weighted by molar-refractivity contribution is 5.95. The zero-order valence-corrected chi connectivity index (χ0v) is 14.0. The molecule has 2 aromatic rings. The van der Waals surface area contributed by atoms with Gasteiger partial charge in [-0.25, -0.2) is 9.97 Å². The van der Waals surface area contributed by atoms with Crippen LogP contribution in [0.3, 0.4) is 0 Å². The highest BCUT2D eigenvalue weighted by Crippen LogP contribution is 2.18. The average molecular weight is 340 g/mol. The van der Waals surface area contributed by atoms with Crippen LogP contribution < -0.4 is 10.1 Å². The fraction of sp³-hybridized carbons (Fsp3) is 0.333. The molecule has 0 spiro atoms. The van der Waals surface area contributed by atoms with E-state index >= 15 is 0 Å². The summed E-state index contributed by atoms with van der Waals surface area (Å²) in [5.74, 6) is -0.185. The monoisotopic (exact) mass is 340 g/mol. The Balaban J connectivity index is 1.62. The van der Waals surface area contributed by atoms with Crippen molar-refractivity contribution in [1.82, 2.24) is 14.9 Å². The van der Waals surface area contributed by atoms with E-state index in [1.54, 1.807) is 47.6 Å². The van der Waals surface area contributed by atoms with Gasteiger partial charge in [-0.05, 0) is 43.2 Å². The first-order valence-electron chi connectivity index (χ1n) is 8.22. The number of amides is 2. The Hall–Kier alpha value is -2.96. The molecule has 2 heterocycles. The van der Waals surface area contributed by atoms with Gasteiger partial charge in [0, 0.05) is 37.1 Å². The minimum Gasteiger partial charge on any atom is -0.458 e. The summed E-state index contributed by atoms with van der Waals surface area (Å²) in [6.07, 6.45) is 4.88. The smallest absolute Gasteiger partial charge is 0.316 e. The lowest BCUT2D eigenvalue weighted by Crippen LogP contribution is -2.44. The molecule has 7 nitrogen and oxygen atoms in total. The number of ether oxygens (including phenoxy) is 1. The van der Waals surface area contributed by atoms with E-state index in [0.29, 0.717) is 30.4 Å². The number of aromatic nitrogens is 2. The first-order valence-corrected chi connectivity index (χ1v) is 8.22. The van der Waals surface area contributed by atoms with Crippen LogP contribution in [0.5, 0.6) is 6.01 Å². The van der Waals surface area contributed by atoms with Crippen molar-refractivity contribution in [2.45, 2.75) is 25.9 Å². The number of nitrogens with one attached hydrogen (secondary N) is 1. The van der Waals surface area contributed by atoms with Crippen LogP contribution in [0.4, 0.5) is 5.69 Å². The van der Waals surface area contributed by atoms with Crippen molar-refractivity contribution in [3.05, 3.63) is 48.3 Å². The molecule has 1 saturated heterocycles. The summed E-state index contributed by atoms with van der Waals surface area (Å²) in [7, 11) is 0. The van der Waals surface area contributed by atoms with Crippen molar-refractivity contribution in [2.75, 3.05) is 18.4 Å². The molecule has 1 atom stereocenters. The van der Waals surface area contributed by atoms with E-state index in [1.165, 1.54) is 6.92 Å². The summed E-state index contributed by atoms with van der Waals surface area (Å²) in [6.45, 7) is 2.65. The van der Waals surface area contributed by atoms with Crippen molar-refractivity contribution >= 4 is 17.5 Å². The molecule has 130 valence electrons. The van der Waals surface area contributed by atoms with E-state index in [9.17, 15) is 9.59 Å². The van der Waals surface area contributed by atoms with Crippen molar-refractivity contribution in [3.63, 3.8) is 0 Å². The summed E-state index contributed by atoms with van der Waals surface area (Å²) < 4.78 is 5.77. The van der Waals surface area contributed by atoms with Crippen LogP contribution in [0.1, 0.15) is 30.1 Å². The Morgan fingerprint density at radius 2 is 1.92 bits per heavy atom. The number of carbonyl (C=O) groups is 2. The fourth-order valence-corrected chi connectivity index (χ4v) is 2.80. The summed E-state index contributed by atoms with van der Waals surface area (Å²) in [5.41, 5.74) is 1.26. The molecule has 0 aliphatic carbocycles. The van der Waals surface area contributed by atoms with Gasteiger partial charge in [0.1, 0.15) is 6.10 Å². The Bertz CT molecular complexity index is 734. The maximum atomic E-state index is 12.7. The molecule has 1 fully saturated rings. The zero-order valence-electron chi connectivity index (χ0n) is 14.0. The number of hydrogen-bond donors (Lipinski definition) is 1. The van der Waals surface area contributed by atoms with Gasteiger partial charge in [-0.1, -0.05) is 0 Å². The largest absolute Gasteiger partial charge is 0.458 e. The summed E-state index contributed by atoms with van der Waals surface area (Å²) in [6, 6.07) is 8.96. The molecule has 1 N–H and O–H groups in total. The molecule has 7 heteroatoms. The third kappa shape index (κ3) is 4.53. The Morgan fingerprint density at radius 1 is 1.20 bits per heavy atom. The lowest BCUT2D eigenvalue weighted by molar-refractivity contribution is -0.114. The summed E-state index contributed by atoms with van der Waals surface area (Å²) in [4.78, 5) is 33.6. The van der Waals surface area contributed by atoms with E-state index < -0.39 is 0 Å². The topological polar surface area (TPSA) is 84.4 Å². The maximum Gasteiger partial charge on any atom is 0.316 e. The number of carbonyl (C=O) groups excluding carboxylic acids is 2. The summed E-state index contributed by atoms with van der Waals surface area (Å²) >= 11 is 0. The van der Waals surface area contributed by atoms with E-state index in [0.717, 1.165) is 12.8 Å². The predicted molar refractivity (Wildman–Crippen MR) is 92.3 cm³/mol. The second-order valence-corrected chi connectivity index (χ2v) is 5.92. The molecule has 1 aromatic carbocycles. The third-order valence-corrected chi connectivity index (χ3v) is 3.93. The van der Waals surface area contributed by atoms with Crippen molar-refractivity contribution in [3.8, 4) is 6.01 Å². The number of likely N-dealkylation sites (tertiary alicyclic amines) is 1. The lowest BCUT2D eigenvalue weighted by Gasteiger charge is -2.32. The molecule has 1 aromatic heterocycles. The van der Waals surface area contributed by atoms with Crippen LogP contribution in [-0.2, 0) is 4.79 Å². The van der Waals surface area contributed by atoms with Crippen LogP contribution in [0, 0.1) is 0 Å². The second-order valence-electron chi connectivity index (χ2n) is 5.92. The minimum absolute atomic E-state index is 0.0448. The fourth-order valence-electron chi connectivity index (χ4n) is 2.80. The molecule has 0 radical (unpaired) electrons. The molecule has 3 rings (SSSR count). The van der Waals surface area contributed by atoms with Gasteiger partial charge < -0.3 is 15.0 Å². The van der Waals surface area contributed by atoms with Gasteiger partial charge in [-0.3, -0.25) is 9.59 Å². The van der Waals surface area contributed by atoms with Crippen LogP contribution in [0.25, 0.3) is 0 Å². The van der Waals surface area contributed by atoms with Gasteiger partial charge in [-0.15, -0.1) is 0 Å². The summed E-state index contributed by atoms with van der Waals surface area (Å²) in [5, 5.41) is 2.69. The lowest BCUT2D eigenvalue weighted by atomic mass is 10.1. The van der Waals surface area contributed by atoms with Gasteiger partial charge in [0.15, 0.2) is 0 Å². The standard InChI is InChI=1S/C18H20N4O3/c1-13(23)21-15-7-5-14(6-8-15)17(24)22-11-2-4-16(12-22)25-18-19-9-3-10-20-18/h3,5-10,16H,2,4,11-12H2,1H3,(H,21,23)/t16-/m0/s1. The van der Waals surface area contributed by atoms with Crippen molar-refractivity contribution < 1.29 is 14.3 Å². The van der Waals surface area contributed by atoms with Crippen LogP contribution in [0.2, 0.25) is 0 Å². The third-order valence-electron chi connectivity index (χ3n) is 3.93. The van der Waals surface area contributed by atoms with E-state index in [2.05, 4.69) is 15.3 Å². The number of nitrogens with zero attached hydrogens (tertiary/aromatic N) is 3. The van der Waals surface area contributed by atoms with Gasteiger partial charge >= 0.3 is 6.01 Å². The zero-order chi connectivity index (χ0) is 17.6. The second kappa shape index (κ2) is 7.74. The highest BCUT2D eigenvalue weighted by Gasteiger charge is 2.26. The number of rotatable bonds is 4. The van der Waals surface area contributed by atoms with Gasteiger partial charge in [0.2, 0.25) is 5.91 Å². The molecule has 0 unspecified atom stereocenters. The SMILES string of the molecule is CC(=O)Nc1ccc(C(=O)N2CCC[C@H](Oc3ncccn3)C2)cc1. The molecule has 0 saturated carbocycles. The van der Waals surface area contributed by atoms with Gasteiger partial charge in [0.05, 0.1) is 6.54 Å². The normalized spacial score (nSPS) is 17.0. The maximum absolute atomic E-state index is 12.7. The number of benzene rings is 1. The molecular formula is C18H20N4O3. The molecule has 0 bridgehead atoms. The molecule has 2 amide bonds. The molecule has 25 heavy (non-hydrogen) atoms. The van der Waals surface area contributed by atoms with Crippen LogP contribution in [-0.4, -0.2) is 45.9 Å². The van der Waals surface area contributed by atoms with Crippen LogP contribution in [0.15, 0.2) is 42.7 Å². The average Bonchev–Trinajstić information content (AvgIpc) is 2.62. The quantitative estimate of drug-likeness (QED) is 0.921. The number of hydrogen-bond acceptors (Lipinski definition) is 5. The van der Waals surface area contributed by atoms with Crippen molar-refractivity contribution in [2.24, 2.45) is 0 Å². The molecular weight excluding hydrogens is 320 g/mol. The van der Waals surface area contributed by atoms with Gasteiger partial charge in [0.25, 0.3) is 5.91 Å². The minimum atomic E-state index is -0.141. The van der Waals surface area contributed by atoms with Crippen LogP contribution >= 0.6 is 0 Å². The van der Waals surface area contributed by atoms with E-state index in [4.69, 9.17) is 4.74 Å². The van der Waals surface area contributed by atoms with Crippen molar-refractivity contribution in [1.29, 1.82) is 0 Å². The molecule has 1 aliphatic heterocycles. The first-order chi connectivity index (χ1) is 12.1. The Labute approximate surface area is 146 Å². The number of anilines is 1. The predicted octanol–water partition coefficient (Wildman–Crippen LogP) is 2.12. The number of piperidine rings is 1. The van der Waals surface area contributed by atoms with Gasteiger partial charge in [-0.2, -0.15) is 0 Å². The van der Waals surface area contributed by atoms with E-state index in [-0.39, 0.29) is 17.9 Å². The Kier molecular flexibility index (Phi) is 5.23. The highest BCUT2D eigenvalue weighted by atomic mass is 16.5. The first kappa shape index (κ1) is 16.9.